The van der Waals surface area contributed by atoms with E-state index in [1.807, 2.05) is 55.6 Å². The summed E-state index contributed by atoms with van der Waals surface area (Å²) in [5.74, 6) is 0.793. The van der Waals surface area contributed by atoms with Gasteiger partial charge in [0.05, 0.1) is 6.04 Å². The summed E-state index contributed by atoms with van der Waals surface area (Å²) in [5.41, 5.74) is 7.54. The number of ether oxygens (including phenoxy) is 1. The van der Waals surface area contributed by atoms with Crippen LogP contribution in [0.1, 0.15) is 18.4 Å². The standard InChI is InChI=1S/C20H26N2O2/c1-22(14-15-8-4-2-5-9-15)19-17(21)12-13-18(20(19)23)24-16-10-6-3-7-11-16/h2-11,17-20,23H,12-14,21H2,1H3/t17-,18-,19+,20+/m1/s1. The maximum Gasteiger partial charge on any atom is 0.126 e. The molecule has 0 bridgehead atoms. The average Bonchev–Trinajstić information content (AvgIpc) is 2.59. The Bertz CT molecular complexity index is 620. The molecule has 0 unspecified atom stereocenters. The van der Waals surface area contributed by atoms with Crippen LogP contribution >= 0.6 is 0 Å². The molecule has 0 radical (unpaired) electrons. The number of rotatable bonds is 5. The van der Waals surface area contributed by atoms with Crippen LogP contribution in [0.2, 0.25) is 0 Å². The van der Waals surface area contributed by atoms with Crippen LogP contribution < -0.4 is 10.5 Å². The zero-order valence-corrected chi connectivity index (χ0v) is 14.1. The summed E-state index contributed by atoms with van der Waals surface area (Å²) in [6, 6.07) is 19.8. The smallest absolute Gasteiger partial charge is 0.126 e. The molecule has 1 aliphatic rings. The number of likely N-dealkylation sites (N-methyl/N-ethyl adjacent to an activating group) is 1. The quantitative estimate of drug-likeness (QED) is 0.886. The second-order valence-electron chi connectivity index (χ2n) is 6.59. The fourth-order valence-electron chi connectivity index (χ4n) is 3.54. The third-order valence-corrected chi connectivity index (χ3v) is 4.77. The molecule has 3 rings (SSSR count). The van der Waals surface area contributed by atoms with Crippen molar-refractivity contribution in [2.45, 2.75) is 43.7 Å². The number of hydrogen-bond donors (Lipinski definition) is 2. The van der Waals surface area contributed by atoms with E-state index in [0.717, 1.165) is 25.1 Å². The van der Waals surface area contributed by atoms with Crippen molar-refractivity contribution in [3.05, 3.63) is 66.2 Å². The van der Waals surface area contributed by atoms with Crippen LogP contribution in [0.15, 0.2) is 60.7 Å². The third-order valence-electron chi connectivity index (χ3n) is 4.77. The van der Waals surface area contributed by atoms with Crippen LogP contribution in [-0.4, -0.2) is 41.3 Å². The van der Waals surface area contributed by atoms with E-state index in [9.17, 15) is 5.11 Å². The zero-order chi connectivity index (χ0) is 16.9. The van der Waals surface area contributed by atoms with Gasteiger partial charge >= 0.3 is 0 Å². The Balaban J connectivity index is 1.69. The first-order chi connectivity index (χ1) is 11.6. The van der Waals surface area contributed by atoms with Crippen molar-refractivity contribution >= 4 is 0 Å². The molecule has 0 aromatic heterocycles. The van der Waals surface area contributed by atoms with Crippen molar-refractivity contribution in [3.8, 4) is 5.75 Å². The molecule has 3 N–H and O–H groups in total. The third kappa shape index (κ3) is 3.96. The number of nitrogens with zero attached hydrogens (tertiary/aromatic N) is 1. The number of aliphatic hydroxyl groups excluding tert-OH is 1. The zero-order valence-electron chi connectivity index (χ0n) is 14.1. The molecule has 1 saturated carbocycles. The highest BCUT2D eigenvalue weighted by Gasteiger charge is 2.40. The SMILES string of the molecule is CN(Cc1ccccc1)[C@@H]1[C@@H](O)[C@H](Oc2ccccc2)CC[C@H]1N. The van der Waals surface area contributed by atoms with E-state index in [0.29, 0.717) is 0 Å². The molecule has 0 spiro atoms. The van der Waals surface area contributed by atoms with Gasteiger partial charge in [0.2, 0.25) is 0 Å². The first-order valence-electron chi connectivity index (χ1n) is 8.54. The maximum absolute atomic E-state index is 10.9. The van der Waals surface area contributed by atoms with Gasteiger partial charge in [-0.3, -0.25) is 4.90 Å². The van der Waals surface area contributed by atoms with Crippen LogP contribution in [0, 0.1) is 0 Å². The molecule has 0 heterocycles. The Morgan fingerprint density at radius 2 is 1.67 bits per heavy atom. The average molecular weight is 326 g/mol. The molecular weight excluding hydrogens is 300 g/mol. The minimum Gasteiger partial charge on any atom is -0.488 e. The molecule has 2 aromatic rings. The number of para-hydroxylation sites is 1. The molecule has 4 heteroatoms. The van der Waals surface area contributed by atoms with Crippen LogP contribution in [0.3, 0.4) is 0 Å². The Labute approximate surface area is 143 Å². The molecule has 4 atom stereocenters. The second-order valence-corrected chi connectivity index (χ2v) is 6.59. The van der Waals surface area contributed by atoms with Gasteiger partial charge in [0.15, 0.2) is 0 Å². The summed E-state index contributed by atoms with van der Waals surface area (Å²) < 4.78 is 6.01. The highest BCUT2D eigenvalue weighted by atomic mass is 16.5. The van der Waals surface area contributed by atoms with Crippen LogP contribution in [0.25, 0.3) is 0 Å². The summed E-state index contributed by atoms with van der Waals surface area (Å²) in [6.45, 7) is 0.758. The predicted molar refractivity (Wildman–Crippen MR) is 95.8 cm³/mol. The molecule has 4 nitrogen and oxygen atoms in total. The fourth-order valence-corrected chi connectivity index (χ4v) is 3.54. The van der Waals surface area contributed by atoms with Crippen molar-refractivity contribution in [2.75, 3.05) is 7.05 Å². The first kappa shape index (κ1) is 17.0. The first-order valence-corrected chi connectivity index (χ1v) is 8.54. The molecule has 2 aromatic carbocycles. The van der Waals surface area contributed by atoms with Crippen molar-refractivity contribution in [3.63, 3.8) is 0 Å². The molecular formula is C20H26N2O2. The lowest BCUT2D eigenvalue weighted by Crippen LogP contribution is -2.60. The second kappa shape index (κ2) is 7.79. The van der Waals surface area contributed by atoms with E-state index >= 15 is 0 Å². The summed E-state index contributed by atoms with van der Waals surface area (Å²) >= 11 is 0. The normalized spacial score (nSPS) is 27.2. The maximum atomic E-state index is 10.9. The number of benzene rings is 2. The van der Waals surface area contributed by atoms with Crippen molar-refractivity contribution in [1.29, 1.82) is 0 Å². The largest absolute Gasteiger partial charge is 0.488 e. The van der Waals surface area contributed by atoms with Gasteiger partial charge in [-0.2, -0.15) is 0 Å². The molecule has 1 fully saturated rings. The van der Waals surface area contributed by atoms with E-state index in [-0.39, 0.29) is 18.2 Å². The summed E-state index contributed by atoms with van der Waals surface area (Å²) in [5, 5.41) is 10.9. The highest BCUT2D eigenvalue weighted by molar-refractivity contribution is 5.22. The van der Waals surface area contributed by atoms with Crippen molar-refractivity contribution < 1.29 is 9.84 Å². The number of nitrogens with two attached hydrogens (primary N) is 1. The van der Waals surface area contributed by atoms with E-state index in [1.165, 1.54) is 5.56 Å². The molecule has 128 valence electrons. The van der Waals surface area contributed by atoms with Gasteiger partial charge in [-0.15, -0.1) is 0 Å². The Morgan fingerprint density at radius 1 is 1.04 bits per heavy atom. The summed E-state index contributed by atoms with van der Waals surface area (Å²) in [6.07, 6.45) is 0.781. The van der Waals surface area contributed by atoms with E-state index in [1.54, 1.807) is 0 Å². The fraction of sp³-hybridized carbons (Fsp3) is 0.400. The Hall–Kier alpha value is -1.88. The summed E-state index contributed by atoms with van der Waals surface area (Å²) in [7, 11) is 2.02. The van der Waals surface area contributed by atoms with Crippen LogP contribution in [0.5, 0.6) is 5.75 Å². The molecule has 0 aliphatic heterocycles. The molecule has 0 amide bonds. The molecule has 1 aliphatic carbocycles. The Morgan fingerprint density at radius 3 is 2.33 bits per heavy atom. The topological polar surface area (TPSA) is 58.7 Å². The van der Waals surface area contributed by atoms with E-state index < -0.39 is 6.10 Å². The van der Waals surface area contributed by atoms with Crippen molar-refractivity contribution in [2.24, 2.45) is 5.73 Å². The highest BCUT2D eigenvalue weighted by Crippen LogP contribution is 2.27. The van der Waals surface area contributed by atoms with Gasteiger partial charge in [-0.05, 0) is 37.6 Å². The summed E-state index contributed by atoms with van der Waals surface area (Å²) in [4.78, 5) is 2.14. The lowest BCUT2D eigenvalue weighted by atomic mass is 9.85. The minimum atomic E-state index is -0.609. The van der Waals surface area contributed by atoms with Crippen molar-refractivity contribution in [1.82, 2.24) is 4.90 Å². The van der Waals surface area contributed by atoms with Crippen LogP contribution in [0.4, 0.5) is 0 Å². The van der Waals surface area contributed by atoms with E-state index in [2.05, 4.69) is 17.0 Å². The van der Waals surface area contributed by atoms with Gasteiger partial charge in [0.1, 0.15) is 18.0 Å². The monoisotopic (exact) mass is 326 g/mol. The van der Waals surface area contributed by atoms with Crippen LogP contribution in [-0.2, 0) is 6.54 Å². The van der Waals surface area contributed by atoms with Gasteiger partial charge in [-0.25, -0.2) is 0 Å². The predicted octanol–water partition coefficient (Wildman–Crippen LogP) is 2.42. The van der Waals surface area contributed by atoms with Gasteiger partial charge in [0, 0.05) is 12.6 Å². The van der Waals surface area contributed by atoms with Gasteiger partial charge in [-0.1, -0.05) is 48.5 Å². The molecule has 24 heavy (non-hydrogen) atoms. The van der Waals surface area contributed by atoms with E-state index in [4.69, 9.17) is 10.5 Å². The lowest BCUT2D eigenvalue weighted by molar-refractivity contribution is -0.0569. The number of hydrogen-bond acceptors (Lipinski definition) is 4. The van der Waals surface area contributed by atoms with Gasteiger partial charge in [0.25, 0.3) is 0 Å². The lowest BCUT2D eigenvalue weighted by Gasteiger charge is -2.43. The van der Waals surface area contributed by atoms with Gasteiger partial charge < -0.3 is 15.6 Å². The minimum absolute atomic E-state index is 0.0515. The Kier molecular flexibility index (Phi) is 5.51. The molecule has 0 saturated heterocycles. The number of aliphatic hydroxyl groups is 1.